The molecule has 158 valence electrons. The molecule has 0 aliphatic heterocycles. The maximum atomic E-state index is 14.5. The van der Waals surface area contributed by atoms with E-state index in [2.05, 4.69) is 0 Å². The predicted molar refractivity (Wildman–Crippen MR) is 105 cm³/mol. The van der Waals surface area contributed by atoms with Gasteiger partial charge in [-0.3, -0.25) is 14.8 Å². The van der Waals surface area contributed by atoms with E-state index in [0.717, 1.165) is 6.20 Å². The number of hydrogen-bond donors (Lipinski definition) is 2. The highest BCUT2D eigenvalue weighted by molar-refractivity contribution is 7.51. The molecule has 0 atom stereocenters. The van der Waals surface area contributed by atoms with Crippen LogP contribution in [-0.2, 0) is 22.9 Å². The molecule has 2 N–H and O–H groups in total. The predicted octanol–water partition coefficient (Wildman–Crippen LogP) is 2.30. The van der Waals surface area contributed by atoms with Crippen molar-refractivity contribution < 1.29 is 27.5 Å². The second-order valence-electron chi connectivity index (χ2n) is 6.67. The first-order valence-electron chi connectivity index (χ1n) is 8.69. The second kappa shape index (κ2) is 11.2. The molecule has 0 aliphatic rings. The molecule has 8 nitrogen and oxygen atoms in total. The van der Waals surface area contributed by atoms with Gasteiger partial charge in [0.1, 0.15) is 11.6 Å². The quantitative estimate of drug-likeness (QED) is 0.519. The standard InChI is InChI=1S/C19H23FN2O4.O2S/c1-4-26-14-7-5-13(6-8-14)15-11-17(23)22(12-16(15)20)10-9-19(2,3)18(24)21-25;1-3-2/h5-8,11-12,25H,4,9-10H2,1-3H3,(H,21,24);. The molecule has 0 saturated carbocycles. The van der Waals surface area contributed by atoms with Crippen molar-refractivity contribution >= 4 is 17.5 Å². The number of pyridine rings is 1. The summed E-state index contributed by atoms with van der Waals surface area (Å²) in [6.45, 7) is 5.83. The zero-order valence-electron chi connectivity index (χ0n) is 16.3. The fourth-order valence-electron chi connectivity index (χ4n) is 2.50. The van der Waals surface area contributed by atoms with Crippen LogP contribution in [0, 0.1) is 11.2 Å². The molecule has 0 fully saturated rings. The molecule has 2 rings (SSSR count). The summed E-state index contributed by atoms with van der Waals surface area (Å²) in [5.74, 6) is -0.412. The van der Waals surface area contributed by atoms with Gasteiger partial charge in [-0.15, -0.1) is 0 Å². The van der Waals surface area contributed by atoms with Crippen LogP contribution in [0.25, 0.3) is 11.1 Å². The van der Waals surface area contributed by atoms with Crippen LogP contribution in [0.1, 0.15) is 27.2 Å². The molecule has 0 unspecified atom stereocenters. The van der Waals surface area contributed by atoms with Crippen molar-refractivity contribution in [3.05, 3.63) is 52.7 Å². The number of amides is 1. The van der Waals surface area contributed by atoms with Crippen molar-refractivity contribution in [3.63, 3.8) is 0 Å². The summed E-state index contributed by atoms with van der Waals surface area (Å²) in [6.07, 6.45) is 1.40. The average molecular weight is 426 g/mol. The number of hydroxylamine groups is 1. The minimum Gasteiger partial charge on any atom is -0.494 e. The van der Waals surface area contributed by atoms with E-state index in [9.17, 15) is 14.0 Å². The monoisotopic (exact) mass is 426 g/mol. The SMILES string of the molecule is CCOc1ccc(-c2cc(=O)n(CCC(C)(C)C(=O)NO)cc2F)cc1.O=S=O. The number of nitrogens with zero attached hydrogens (tertiary/aromatic N) is 1. The zero-order valence-corrected chi connectivity index (χ0v) is 17.1. The molecule has 1 aromatic carbocycles. The van der Waals surface area contributed by atoms with Gasteiger partial charge < -0.3 is 9.30 Å². The lowest BCUT2D eigenvalue weighted by Crippen LogP contribution is -2.36. The summed E-state index contributed by atoms with van der Waals surface area (Å²) in [7, 11) is 0. The number of aromatic nitrogens is 1. The van der Waals surface area contributed by atoms with Gasteiger partial charge >= 0.3 is 11.6 Å². The lowest BCUT2D eigenvalue weighted by molar-refractivity contribution is -0.138. The Morgan fingerprint density at radius 3 is 2.38 bits per heavy atom. The Hall–Kier alpha value is -2.85. The molecule has 1 amide bonds. The third kappa shape index (κ3) is 6.91. The summed E-state index contributed by atoms with van der Waals surface area (Å²) in [5, 5.41) is 8.74. The number of aryl methyl sites for hydroxylation is 1. The van der Waals surface area contributed by atoms with Crippen LogP contribution in [-0.4, -0.2) is 30.7 Å². The first-order valence-corrected chi connectivity index (χ1v) is 9.36. The van der Waals surface area contributed by atoms with E-state index in [1.165, 1.54) is 10.6 Å². The van der Waals surface area contributed by atoms with Gasteiger partial charge in [-0.05, 0) is 31.0 Å². The molecule has 0 aliphatic carbocycles. The van der Waals surface area contributed by atoms with E-state index in [1.54, 1.807) is 43.6 Å². The molecule has 2 aromatic rings. The molecule has 0 spiro atoms. The van der Waals surface area contributed by atoms with E-state index >= 15 is 0 Å². The highest BCUT2D eigenvalue weighted by Gasteiger charge is 2.27. The molecular formula is C19H23FN2O6S. The smallest absolute Gasteiger partial charge is 0.335 e. The van der Waals surface area contributed by atoms with E-state index in [1.807, 2.05) is 6.92 Å². The highest BCUT2D eigenvalue weighted by Crippen LogP contribution is 2.25. The topological polar surface area (TPSA) is 115 Å². The van der Waals surface area contributed by atoms with Gasteiger partial charge in [-0.1, -0.05) is 26.0 Å². The number of ether oxygens (including phenoxy) is 1. The van der Waals surface area contributed by atoms with Gasteiger partial charge in [0.05, 0.1) is 6.61 Å². The number of rotatable bonds is 7. The lowest BCUT2D eigenvalue weighted by Gasteiger charge is -2.22. The van der Waals surface area contributed by atoms with Crippen LogP contribution in [0.5, 0.6) is 5.75 Å². The van der Waals surface area contributed by atoms with E-state index in [0.29, 0.717) is 17.9 Å². The Kier molecular flexibility index (Phi) is 9.36. The third-order valence-electron chi connectivity index (χ3n) is 4.25. The number of halogens is 1. The van der Waals surface area contributed by atoms with Crippen LogP contribution in [0.3, 0.4) is 0 Å². The van der Waals surface area contributed by atoms with Crippen molar-refractivity contribution in [2.24, 2.45) is 5.41 Å². The highest BCUT2D eigenvalue weighted by atomic mass is 32.1. The Bertz CT molecular complexity index is 921. The number of carbonyl (C=O) groups excluding carboxylic acids is 1. The Balaban J connectivity index is 0.00000132. The average Bonchev–Trinajstić information content (AvgIpc) is 2.69. The largest absolute Gasteiger partial charge is 0.494 e. The number of carbonyl (C=O) groups is 1. The number of nitrogens with one attached hydrogen (secondary N) is 1. The van der Waals surface area contributed by atoms with Gasteiger partial charge in [-0.2, -0.15) is 8.42 Å². The van der Waals surface area contributed by atoms with Crippen molar-refractivity contribution in [1.29, 1.82) is 0 Å². The van der Waals surface area contributed by atoms with E-state index in [-0.39, 0.29) is 24.1 Å². The van der Waals surface area contributed by atoms with Gasteiger partial charge in [0.15, 0.2) is 0 Å². The summed E-state index contributed by atoms with van der Waals surface area (Å²) in [5.41, 5.74) is 1.13. The van der Waals surface area contributed by atoms with E-state index < -0.39 is 28.7 Å². The molecule has 0 saturated heterocycles. The summed E-state index contributed by atoms with van der Waals surface area (Å²) < 4.78 is 37.7. The van der Waals surface area contributed by atoms with Crippen molar-refractivity contribution in [2.75, 3.05) is 6.61 Å². The molecule has 1 heterocycles. The van der Waals surface area contributed by atoms with Gasteiger partial charge in [0.25, 0.3) is 5.56 Å². The molecular weight excluding hydrogens is 403 g/mol. The summed E-state index contributed by atoms with van der Waals surface area (Å²) in [4.78, 5) is 23.9. The van der Waals surface area contributed by atoms with Gasteiger partial charge in [-0.25, -0.2) is 9.87 Å². The van der Waals surface area contributed by atoms with Crippen LogP contribution < -0.4 is 15.8 Å². The van der Waals surface area contributed by atoms with E-state index in [4.69, 9.17) is 18.4 Å². The van der Waals surface area contributed by atoms with Crippen LogP contribution >= 0.6 is 0 Å². The first-order chi connectivity index (χ1) is 13.7. The number of hydrogen-bond acceptors (Lipinski definition) is 6. The van der Waals surface area contributed by atoms with Crippen molar-refractivity contribution in [1.82, 2.24) is 10.0 Å². The number of benzene rings is 1. The first kappa shape index (κ1) is 24.2. The molecule has 1 aromatic heterocycles. The summed E-state index contributed by atoms with van der Waals surface area (Å²) in [6, 6.07) is 8.08. The Morgan fingerprint density at radius 1 is 1.28 bits per heavy atom. The van der Waals surface area contributed by atoms with Crippen LogP contribution in [0.2, 0.25) is 0 Å². The van der Waals surface area contributed by atoms with Gasteiger partial charge in [0.2, 0.25) is 5.91 Å². The molecule has 0 bridgehead atoms. The fourth-order valence-corrected chi connectivity index (χ4v) is 2.50. The maximum Gasteiger partial charge on any atom is 0.335 e. The third-order valence-corrected chi connectivity index (χ3v) is 4.25. The maximum absolute atomic E-state index is 14.5. The second-order valence-corrected chi connectivity index (χ2v) is 6.80. The normalized spacial score (nSPS) is 10.5. The van der Waals surface area contributed by atoms with Gasteiger partial charge in [0, 0.05) is 29.8 Å². The Labute approximate surface area is 170 Å². The van der Waals surface area contributed by atoms with Crippen molar-refractivity contribution in [3.8, 4) is 16.9 Å². The molecule has 0 radical (unpaired) electrons. The zero-order chi connectivity index (χ0) is 22.0. The lowest BCUT2D eigenvalue weighted by atomic mass is 9.88. The van der Waals surface area contributed by atoms with Crippen LogP contribution in [0.4, 0.5) is 4.39 Å². The molecule has 29 heavy (non-hydrogen) atoms. The van der Waals surface area contributed by atoms with Crippen LogP contribution in [0.15, 0.2) is 41.3 Å². The summed E-state index contributed by atoms with van der Waals surface area (Å²) >= 11 is -0.750. The van der Waals surface area contributed by atoms with Crippen molar-refractivity contribution in [2.45, 2.75) is 33.7 Å². The minimum atomic E-state index is -0.890. The molecule has 10 heteroatoms. The minimum absolute atomic E-state index is 0.153. The fraction of sp³-hybridized carbons (Fsp3) is 0.368. The Morgan fingerprint density at radius 2 is 1.86 bits per heavy atom.